The normalized spacial score (nSPS) is 14.7. The van der Waals surface area contributed by atoms with E-state index in [0.29, 0.717) is 24.6 Å². The lowest BCUT2D eigenvalue weighted by Crippen LogP contribution is -2.45. The molecule has 8 nitrogen and oxygen atoms in total. The van der Waals surface area contributed by atoms with Gasteiger partial charge in [0.25, 0.3) is 0 Å². The largest absolute Gasteiger partial charge is 0.489 e. The van der Waals surface area contributed by atoms with Crippen LogP contribution in [0.1, 0.15) is 43.4 Å². The number of ether oxygens (including phenoxy) is 2. The summed E-state index contributed by atoms with van der Waals surface area (Å²) in [5, 5.41) is 2.92. The molecule has 9 heteroatoms. The topological polar surface area (TPSA) is 89.5 Å². The second-order valence-electron chi connectivity index (χ2n) is 8.80. The molecule has 2 aromatic heterocycles. The van der Waals surface area contributed by atoms with Crippen molar-refractivity contribution in [2.45, 2.75) is 59.3 Å². The van der Waals surface area contributed by atoms with Gasteiger partial charge in [0, 0.05) is 31.3 Å². The Bertz CT molecular complexity index is 1150. The number of amides is 1. The summed E-state index contributed by atoms with van der Waals surface area (Å²) in [7, 11) is 1.89. The molecule has 1 amide bonds. The van der Waals surface area contributed by atoms with Crippen LogP contribution < -0.4 is 19.7 Å². The lowest BCUT2D eigenvalue weighted by Gasteiger charge is -2.32. The molecule has 0 saturated carbocycles. The van der Waals surface area contributed by atoms with Crippen LogP contribution in [0, 0.1) is 6.92 Å². The number of nitrogens with zero attached hydrogens (tertiary/aromatic N) is 4. The lowest BCUT2D eigenvalue weighted by atomic mass is 10.1. The highest BCUT2D eigenvalue weighted by Crippen LogP contribution is 2.31. The highest BCUT2D eigenvalue weighted by Gasteiger charge is 2.30. The molecule has 35 heavy (non-hydrogen) atoms. The minimum Gasteiger partial charge on any atom is -0.489 e. The first kappa shape index (κ1) is 26.3. The molecular weight excluding hydrogens is 462 g/mol. The summed E-state index contributed by atoms with van der Waals surface area (Å²) in [6, 6.07) is 11.6. The van der Waals surface area contributed by atoms with E-state index < -0.39 is 0 Å². The quantitative estimate of drug-likeness (QED) is 0.500. The summed E-state index contributed by atoms with van der Waals surface area (Å²) in [5.41, 5.74) is 3.65. The fourth-order valence-electron chi connectivity index (χ4n) is 3.70. The highest BCUT2D eigenvalue weighted by molar-refractivity contribution is 7.59. The number of fused-ring (bicyclic) bond motifs is 1. The van der Waals surface area contributed by atoms with E-state index in [4.69, 9.17) is 14.5 Å². The molecule has 4 rings (SSSR count). The average molecular weight is 496 g/mol. The van der Waals surface area contributed by atoms with E-state index in [1.54, 1.807) is 6.20 Å². The molecule has 0 saturated heterocycles. The molecule has 0 unspecified atom stereocenters. The smallest absolute Gasteiger partial charge is 0.246 e. The Kier molecular flexibility index (Phi) is 8.56. The molecule has 1 atom stereocenters. The number of carbonyl (C=O) groups excluding carboxylic acids is 1. The minimum absolute atomic E-state index is 0. The van der Waals surface area contributed by atoms with Crippen LogP contribution in [0.5, 0.6) is 11.6 Å². The van der Waals surface area contributed by atoms with Crippen LogP contribution in [0.4, 0.5) is 11.5 Å². The lowest BCUT2D eigenvalue weighted by molar-refractivity contribution is -0.117. The zero-order valence-electron chi connectivity index (χ0n) is 20.8. The Balaban J connectivity index is 0.00000342. The maximum Gasteiger partial charge on any atom is 0.246 e. The van der Waals surface area contributed by atoms with E-state index in [0.717, 1.165) is 35.1 Å². The highest BCUT2D eigenvalue weighted by atomic mass is 32.1. The number of benzene rings is 1. The molecule has 1 aliphatic heterocycles. The zero-order chi connectivity index (χ0) is 24.2. The number of carbonyl (C=O) groups is 1. The van der Waals surface area contributed by atoms with Gasteiger partial charge >= 0.3 is 0 Å². The van der Waals surface area contributed by atoms with Gasteiger partial charge in [-0.05, 0) is 57.9 Å². The molecular formula is C26H33N5O3S. The Labute approximate surface area is 213 Å². The number of pyridine rings is 1. The molecule has 0 aliphatic carbocycles. The van der Waals surface area contributed by atoms with E-state index >= 15 is 0 Å². The van der Waals surface area contributed by atoms with E-state index in [9.17, 15) is 4.79 Å². The third-order valence-electron chi connectivity index (χ3n) is 5.78. The van der Waals surface area contributed by atoms with Gasteiger partial charge < -0.3 is 19.7 Å². The predicted molar refractivity (Wildman–Crippen MR) is 142 cm³/mol. The van der Waals surface area contributed by atoms with Crippen molar-refractivity contribution in [3.8, 4) is 11.6 Å². The zero-order valence-corrected chi connectivity index (χ0v) is 21.8. The Morgan fingerprint density at radius 1 is 1.06 bits per heavy atom. The van der Waals surface area contributed by atoms with Crippen molar-refractivity contribution < 1.29 is 14.3 Å². The van der Waals surface area contributed by atoms with E-state index in [-0.39, 0.29) is 31.5 Å². The summed E-state index contributed by atoms with van der Waals surface area (Å²) in [6.07, 6.45) is 3.39. The van der Waals surface area contributed by atoms with Gasteiger partial charge in [0.05, 0.1) is 11.8 Å². The minimum atomic E-state index is -0.260. The van der Waals surface area contributed by atoms with Crippen molar-refractivity contribution in [2.75, 3.05) is 17.3 Å². The monoisotopic (exact) mass is 495 g/mol. The van der Waals surface area contributed by atoms with E-state index in [1.807, 2.05) is 63.9 Å². The second-order valence-corrected chi connectivity index (χ2v) is 8.80. The van der Waals surface area contributed by atoms with Gasteiger partial charge in [-0.2, -0.15) is 13.5 Å². The Hall–Kier alpha value is -3.33. The number of likely N-dealkylation sites (N-methyl/N-ethyl adjacent to an activating group) is 1. The van der Waals surface area contributed by atoms with Crippen molar-refractivity contribution >= 4 is 30.9 Å². The van der Waals surface area contributed by atoms with Crippen LogP contribution in [0.25, 0.3) is 0 Å². The SMILES string of the molecule is Cc1nc(CCc2ccc(OCc3ccc(OC(C)C)nc3)cc2)nc2c1NC(=O)[C@H](C)N2C.S. The summed E-state index contributed by atoms with van der Waals surface area (Å²) in [4.78, 5) is 27.6. The molecule has 1 N–H and O–H groups in total. The molecule has 3 heterocycles. The van der Waals surface area contributed by atoms with Crippen LogP contribution in [0.15, 0.2) is 42.6 Å². The summed E-state index contributed by atoms with van der Waals surface area (Å²) < 4.78 is 11.5. The van der Waals surface area contributed by atoms with Crippen LogP contribution in [0.2, 0.25) is 0 Å². The van der Waals surface area contributed by atoms with Gasteiger partial charge in [-0.25, -0.2) is 15.0 Å². The third-order valence-corrected chi connectivity index (χ3v) is 5.78. The first-order valence-corrected chi connectivity index (χ1v) is 11.5. The van der Waals surface area contributed by atoms with Crippen LogP contribution >= 0.6 is 13.5 Å². The van der Waals surface area contributed by atoms with E-state index in [2.05, 4.69) is 27.4 Å². The number of hydrogen-bond donors (Lipinski definition) is 1. The maximum atomic E-state index is 12.1. The maximum absolute atomic E-state index is 12.1. The molecule has 0 fully saturated rings. The number of rotatable bonds is 8. The molecule has 186 valence electrons. The Morgan fingerprint density at radius 2 is 1.77 bits per heavy atom. The predicted octanol–water partition coefficient (Wildman–Crippen LogP) is 4.22. The molecule has 1 aliphatic rings. The number of hydrogen-bond acceptors (Lipinski definition) is 7. The average Bonchev–Trinajstić information content (AvgIpc) is 2.82. The van der Waals surface area contributed by atoms with Crippen LogP contribution in [-0.2, 0) is 24.2 Å². The fraction of sp³-hybridized carbons (Fsp3) is 0.385. The van der Waals surface area contributed by atoms with Gasteiger partial charge in [-0.15, -0.1) is 0 Å². The van der Waals surface area contributed by atoms with Gasteiger partial charge in [-0.1, -0.05) is 12.1 Å². The van der Waals surface area contributed by atoms with Gasteiger partial charge in [-0.3, -0.25) is 4.79 Å². The van der Waals surface area contributed by atoms with Crippen molar-refractivity contribution in [3.05, 3.63) is 65.2 Å². The van der Waals surface area contributed by atoms with Crippen molar-refractivity contribution in [3.63, 3.8) is 0 Å². The van der Waals surface area contributed by atoms with Gasteiger partial charge in [0.1, 0.15) is 29.9 Å². The van der Waals surface area contributed by atoms with Crippen molar-refractivity contribution in [1.29, 1.82) is 0 Å². The number of anilines is 2. The fourth-order valence-corrected chi connectivity index (χ4v) is 3.70. The molecule has 0 spiro atoms. The number of nitrogens with one attached hydrogen (secondary N) is 1. The second kappa shape index (κ2) is 11.4. The first-order chi connectivity index (χ1) is 16.3. The van der Waals surface area contributed by atoms with Crippen molar-refractivity contribution in [1.82, 2.24) is 15.0 Å². The van der Waals surface area contributed by atoms with Crippen molar-refractivity contribution in [2.24, 2.45) is 0 Å². The first-order valence-electron chi connectivity index (χ1n) is 11.5. The molecule has 0 bridgehead atoms. The number of aromatic nitrogens is 3. The number of aryl methyl sites for hydroxylation is 3. The Morgan fingerprint density at radius 3 is 2.43 bits per heavy atom. The van der Waals surface area contributed by atoms with Crippen LogP contribution in [-0.4, -0.2) is 40.1 Å². The third kappa shape index (κ3) is 6.42. The molecule has 3 aromatic rings. The molecule has 1 aromatic carbocycles. The van der Waals surface area contributed by atoms with Gasteiger partial charge in [0.15, 0.2) is 5.82 Å². The summed E-state index contributed by atoms with van der Waals surface area (Å²) >= 11 is 0. The standard InChI is InChI=1S/C26H31N5O3.H2S/c1-16(2)34-23-13-9-20(14-27-23)15-33-21-10-6-19(7-11-21)8-12-22-28-17(3)24-25(29-22)31(5)18(4)26(32)30-24;/h6-7,9-11,13-14,16,18H,8,12,15H2,1-5H3,(H,30,32);1H2/t18-;/m0./s1. The van der Waals surface area contributed by atoms with E-state index in [1.165, 1.54) is 5.56 Å². The van der Waals surface area contributed by atoms with Gasteiger partial charge in [0.2, 0.25) is 11.8 Å². The molecule has 0 radical (unpaired) electrons. The summed E-state index contributed by atoms with van der Waals surface area (Å²) in [6.45, 7) is 8.16. The van der Waals surface area contributed by atoms with Crippen LogP contribution in [0.3, 0.4) is 0 Å². The summed E-state index contributed by atoms with van der Waals surface area (Å²) in [5.74, 6) is 2.93.